The molecule has 0 unspecified atom stereocenters. The minimum atomic E-state index is 0.0731. The molecule has 1 saturated carbocycles. The van der Waals surface area contributed by atoms with E-state index >= 15 is 0 Å². The van der Waals surface area contributed by atoms with Gasteiger partial charge in [0.2, 0.25) is 5.91 Å². The number of aryl methyl sites for hydroxylation is 1. The van der Waals surface area contributed by atoms with Gasteiger partial charge >= 0.3 is 0 Å². The molecule has 0 radical (unpaired) electrons. The van der Waals surface area contributed by atoms with Crippen LogP contribution in [0, 0.1) is 0 Å². The number of hydrogen-bond acceptors (Lipinski definition) is 4. The first-order valence-corrected chi connectivity index (χ1v) is 7.87. The highest BCUT2D eigenvalue weighted by atomic mass is 32.1. The number of rotatable bonds is 7. The van der Waals surface area contributed by atoms with Crippen LogP contribution in [0.15, 0.2) is 11.6 Å². The lowest BCUT2D eigenvalue weighted by atomic mass is 10.2. The Hall–Kier alpha value is -1.40. The largest absolute Gasteiger partial charge is 0.383 e. The highest BCUT2D eigenvalue weighted by Gasteiger charge is 2.26. The van der Waals surface area contributed by atoms with Gasteiger partial charge in [0, 0.05) is 43.3 Å². The molecule has 6 heteroatoms. The third-order valence-corrected chi connectivity index (χ3v) is 4.42. The van der Waals surface area contributed by atoms with Crippen molar-refractivity contribution in [2.75, 3.05) is 20.3 Å². The Morgan fingerprint density at radius 3 is 3.20 bits per heavy atom. The first kappa shape index (κ1) is 13.6. The van der Waals surface area contributed by atoms with Crippen molar-refractivity contribution in [3.05, 3.63) is 23.0 Å². The van der Waals surface area contributed by atoms with Gasteiger partial charge in [-0.15, -0.1) is 11.3 Å². The van der Waals surface area contributed by atoms with Gasteiger partial charge < -0.3 is 10.1 Å². The zero-order valence-corrected chi connectivity index (χ0v) is 12.4. The average molecular weight is 293 g/mol. The molecule has 1 fully saturated rings. The molecule has 1 amide bonds. The van der Waals surface area contributed by atoms with E-state index < -0.39 is 0 Å². The van der Waals surface area contributed by atoms with E-state index in [0.717, 1.165) is 11.4 Å². The molecule has 2 aromatic rings. The summed E-state index contributed by atoms with van der Waals surface area (Å²) in [5.74, 6) is 0.747. The number of nitrogens with one attached hydrogen (secondary N) is 1. The molecule has 5 nitrogen and oxygen atoms in total. The summed E-state index contributed by atoms with van der Waals surface area (Å²) in [6, 6.07) is 0. The molecule has 2 heterocycles. The second kappa shape index (κ2) is 5.93. The van der Waals surface area contributed by atoms with Gasteiger partial charge in [-0.05, 0) is 19.3 Å². The number of imidazole rings is 1. The number of methoxy groups -OCH3 is 1. The van der Waals surface area contributed by atoms with E-state index in [-0.39, 0.29) is 5.91 Å². The molecule has 1 aliphatic rings. The molecule has 108 valence electrons. The number of ether oxygens (including phenoxy) is 1. The molecule has 1 aliphatic carbocycles. The summed E-state index contributed by atoms with van der Waals surface area (Å²) in [6.45, 7) is 1.13. The van der Waals surface area contributed by atoms with Crippen molar-refractivity contribution in [3.8, 4) is 0 Å². The van der Waals surface area contributed by atoms with E-state index in [1.807, 2.05) is 0 Å². The smallest absolute Gasteiger partial charge is 0.220 e. The Labute approximate surface area is 122 Å². The van der Waals surface area contributed by atoms with E-state index in [1.54, 1.807) is 18.4 Å². The lowest BCUT2D eigenvalue weighted by Crippen LogP contribution is -2.27. The third-order valence-electron chi connectivity index (χ3n) is 3.53. The third kappa shape index (κ3) is 3.02. The molecule has 20 heavy (non-hydrogen) atoms. The Morgan fingerprint density at radius 1 is 1.60 bits per heavy atom. The van der Waals surface area contributed by atoms with Crippen LogP contribution < -0.4 is 5.32 Å². The fourth-order valence-corrected chi connectivity index (χ4v) is 3.14. The van der Waals surface area contributed by atoms with Gasteiger partial charge in [0.15, 0.2) is 4.96 Å². The molecule has 3 rings (SSSR count). The second-order valence-electron chi connectivity index (χ2n) is 5.16. The zero-order valence-electron chi connectivity index (χ0n) is 11.6. The summed E-state index contributed by atoms with van der Waals surface area (Å²) in [5.41, 5.74) is 2.38. The van der Waals surface area contributed by atoms with E-state index in [2.05, 4.69) is 26.3 Å². The Balaban J connectivity index is 1.58. The van der Waals surface area contributed by atoms with Crippen molar-refractivity contribution in [2.45, 2.75) is 31.6 Å². The van der Waals surface area contributed by atoms with Crippen molar-refractivity contribution in [1.82, 2.24) is 14.7 Å². The summed E-state index contributed by atoms with van der Waals surface area (Å²) in [6.07, 6.45) is 5.93. The molecule has 0 spiro atoms. The zero-order chi connectivity index (χ0) is 13.9. The predicted molar refractivity (Wildman–Crippen MR) is 78.3 cm³/mol. The Bertz CT molecular complexity index is 601. The number of fused-ring (bicyclic) bond motifs is 1. The maximum atomic E-state index is 11.7. The highest BCUT2D eigenvalue weighted by molar-refractivity contribution is 7.15. The number of carbonyl (C=O) groups excluding carboxylic acids is 1. The van der Waals surface area contributed by atoms with Crippen LogP contribution in [0.3, 0.4) is 0 Å². The van der Waals surface area contributed by atoms with Gasteiger partial charge in [0.1, 0.15) is 0 Å². The highest BCUT2D eigenvalue weighted by Crippen LogP contribution is 2.40. The average Bonchev–Trinajstić information content (AvgIpc) is 3.09. The first-order chi connectivity index (χ1) is 9.78. The SMILES string of the molecule is COCCNC(=O)CCc1csc2nc(C3CC3)cn12. The minimum absolute atomic E-state index is 0.0731. The van der Waals surface area contributed by atoms with E-state index in [4.69, 9.17) is 4.74 Å². The number of carbonyl (C=O) groups is 1. The van der Waals surface area contributed by atoms with E-state index in [1.165, 1.54) is 24.2 Å². The molecule has 0 saturated heterocycles. The van der Waals surface area contributed by atoms with Crippen LogP contribution >= 0.6 is 11.3 Å². The lowest BCUT2D eigenvalue weighted by molar-refractivity contribution is -0.121. The van der Waals surface area contributed by atoms with Gasteiger partial charge in [0.25, 0.3) is 0 Å². The number of nitrogens with zero attached hydrogens (tertiary/aromatic N) is 2. The minimum Gasteiger partial charge on any atom is -0.383 e. The van der Waals surface area contributed by atoms with E-state index in [9.17, 15) is 4.79 Å². The van der Waals surface area contributed by atoms with Crippen molar-refractivity contribution < 1.29 is 9.53 Å². The van der Waals surface area contributed by atoms with Crippen LogP contribution in [0.5, 0.6) is 0 Å². The molecule has 1 N–H and O–H groups in total. The molecular weight excluding hydrogens is 274 g/mol. The van der Waals surface area contributed by atoms with Crippen molar-refractivity contribution in [1.29, 1.82) is 0 Å². The van der Waals surface area contributed by atoms with Crippen LogP contribution in [0.4, 0.5) is 0 Å². The number of aromatic nitrogens is 2. The molecule has 0 atom stereocenters. The maximum Gasteiger partial charge on any atom is 0.220 e. The van der Waals surface area contributed by atoms with Crippen molar-refractivity contribution >= 4 is 22.2 Å². The van der Waals surface area contributed by atoms with Crippen molar-refractivity contribution in [3.63, 3.8) is 0 Å². The fourth-order valence-electron chi connectivity index (χ4n) is 2.22. The Morgan fingerprint density at radius 2 is 2.45 bits per heavy atom. The first-order valence-electron chi connectivity index (χ1n) is 6.99. The summed E-state index contributed by atoms with van der Waals surface area (Å²) < 4.78 is 7.05. The van der Waals surface area contributed by atoms with E-state index in [0.29, 0.717) is 25.5 Å². The van der Waals surface area contributed by atoms with Crippen LogP contribution in [0.25, 0.3) is 4.96 Å². The number of thiazole rings is 1. The molecule has 0 aromatic carbocycles. The van der Waals surface area contributed by atoms with Gasteiger partial charge in [-0.25, -0.2) is 4.98 Å². The van der Waals surface area contributed by atoms with Crippen LogP contribution in [-0.2, 0) is 16.0 Å². The quantitative estimate of drug-likeness (QED) is 0.794. The number of hydrogen-bond donors (Lipinski definition) is 1. The normalized spacial score (nSPS) is 14.8. The summed E-state index contributed by atoms with van der Waals surface area (Å²) in [5, 5.41) is 4.94. The molecule has 0 aliphatic heterocycles. The Kier molecular flexibility index (Phi) is 4.03. The topological polar surface area (TPSA) is 55.6 Å². The summed E-state index contributed by atoms with van der Waals surface area (Å²) in [7, 11) is 1.63. The maximum absolute atomic E-state index is 11.7. The monoisotopic (exact) mass is 293 g/mol. The summed E-state index contributed by atoms with van der Waals surface area (Å²) in [4.78, 5) is 17.4. The van der Waals surface area contributed by atoms with Gasteiger partial charge in [0.05, 0.1) is 12.3 Å². The van der Waals surface area contributed by atoms with Crippen LogP contribution in [-0.4, -0.2) is 35.6 Å². The molecular formula is C14H19N3O2S. The van der Waals surface area contributed by atoms with Crippen LogP contribution in [0.2, 0.25) is 0 Å². The number of amides is 1. The van der Waals surface area contributed by atoms with Gasteiger partial charge in [-0.1, -0.05) is 0 Å². The fraction of sp³-hybridized carbons (Fsp3) is 0.571. The second-order valence-corrected chi connectivity index (χ2v) is 6.00. The van der Waals surface area contributed by atoms with Crippen LogP contribution in [0.1, 0.15) is 36.6 Å². The molecule has 2 aromatic heterocycles. The van der Waals surface area contributed by atoms with Gasteiger partial charge in [-0.2, -0.15) is 0 Å². The van der Waals surface area contributed by atoms with Crippen molar-refractivity contribution in [2.24, 2.45) is 0 Å². The molecule has 0 bridgehead atoms. The standard InChI is InChI=1S/C14H19N3O2S/c1-19-7-6-15-13(18)5-4-11-9-20-14-16-12(8-17(11)14)10-2-3-10/h8-10H,2-7H2,1H3,(H,15,18). The summed E-state index contributed by atoms with van der Waals surface area (Å²) >= 11 is 1.65. The van der Waals surface area contributed by atoms with Gasteiger partial charge in [-0.3, -0.25) is 9.20 Å². The predicted octanol–water partition coefficient (Wildman–Crippen LogP) is 1.97. The lowest BCUT2D eigenvalue weighted by Gasteiger charge is -2.03.